The summed E-state index contributed by atoms with van der Waals surface area (Å²) in [4.78, 5) is 0. The number of halogens is 6. The van der Waals surface area contributed by atoms with Crippen LogP contribution in [0.3, 0.4) is 0 Å². The van der Waals surface area contributed by atoms with Gasteiger partial charge in [-0.15, -0.1) is 0 Å². The van der Waals surface area contributed by atoms with Gasteiger partial charge in [0.2, 0.25) is 0 Å². The van der Waals surface area contributed by atoms with Crippen LogP contribution in [0, 0.1) is 0 Å². The van der Waals surface area contributed by atoms with Gasteiger partial charge in [-0.05, 0) is 30.8 Å². The maximum absolute atomic E-state index is 12.7. The van der Waals surface area contributed by atoms with Crippen molar-refractivity contribution < 1.29 is 26.3 Å². The molecule has 0 aliphatic heterocycles. The van der Waals surface area contributed by atoms with Crippen LogP contribution in [-0.2, 0) is 17.8 Å². The maximum Gasteiger partial charge on any atom is 0.416 e. The highest BCUT2D eigenvalue weighted by Crippen LogP contribution is 2.38. The fourth-order valence-corrected chi connectivity index (χ4v) is 1.89. The van der Waals surface area contributed by atoms with E-state index >= 15 is 0 Å². The SMILES string of the molecule is CNCC(C)(C)c1cc(C(F)(F)F)cc(C(F)(F)F)c1. The van der Waals surface area contributed by atoms with Crippen LogP contribution in [0.1, 0.15) is 30.5 Å². The van der Waals surface area contributed by atoms with E-state index in [1.807, 2.05) is 0 Å². The third-order valence-electron chi connectivity index (χ3n) is 2.99. The van der Waals surface area contributed by atoms with Crippen LogP contribution in [0.2, 0.25) is 0 Å². The molecule has 1 nitrogen and oxygen atoms in total. The molecule has 7 heteroatoms. The summed E-state index contributed by atoms with van der Waals surface area (Å²) in [6.45, 7) is 3.42. The first-order valence-electron chi connectivity index (χ1n) is 5.82. The van der Waals surface area contributed by atoms with Gasteiger partial charge in [-0.1, -0.05) is 13.8 Å². The topological polar surface area (TPSA) is 12.0 Å². The smallest absolute Gasteiger partial charge is 0.319 e. The molecule has 0 amide bonds. The fourth-order valence-electron chi connectivity index (χ4n) is 1.89. The molecule has 0 spiro atoms. The van der Waals surface area contributed by atoms with Crippen LogP contribution in [0.15, 0.2) is 18.2 Å². The lowest BCUT2D eigenvalue weighted by Gasteiger charge is -2.27. The molecule has 0 unspecified atom stereocenters. The summed E-state index contributed by atoms with van der Waals surface area (Å²) >= 11 is 0. The van der Waals surface area contributed by atoms with E-state index in [0.29, 0.717) is 0 Å². The lowest BCUT2D eigenvalue weighted by atomic mass is 9.82. The highest BCUT2D eigenvalue weighted by Gasteiger charge is 2.38. The molecule has 0 bridgehead atoms. The van der Waals surface area contributed by atoms with Crippen molar-refractivity contribution in [2.24, 2.45) is 0 Å². The monoisotopic (exact) mass is 299 g/mol. The quantitative estimate of drug-likeness (QED) is 0.824. The number of nitrogens with one attached hydrogen (secondary N) is 1. The summed E-state index contributed by atoms with van der Waals surface area (Å²) in [5.41, 5.74) is -3.43. The molecule has 0 heterocycles. The van der Waals surface area contributed by atoms with Crippen molar-refractivity contribution in [1.82, 2.24) is 5.32 Å². The lowest BCUT2D eigenvalue weighted by molar-refractivity contribution is -0.143. The molecule has 0 aliphatic rings. The Labute approximate surface area is 113 Å². The second kappa shape index (κ2) is 5.27. The van der Waals surface area contributed by atoms with E-state index < -0.39 is 28.9 Å². The Morgan fingerprint density at radius 2 is 1.15 bits per heavy atom. The van der Waals surface area contributed by atoms with Gasteiger partial charge in [0, 0.05) is 12.0 Å². The van der Waals surface area contributed by atoms with Gasteiger partial charge in [0.05, 0.1) is 11.1 Å². The molecule has 1 aromatic rings. The van der Waals surface area contributed by atoms with Gasteiger partial charge < -0.3 is 5.32 Å². The number of likely N-dealkylation sites (N-methyl/N-ethyl adjacent to an activating group) is 1. The van der Waals surface area contributed by atoms with E-state index in [9.17, 15) is 26.3 Å². The molecule has 1 rings (SSSR count). The summed E-state index contributed by atoms with van der Waals surface area (Å²) in [6.07, 6.45) is -9.63. The first-order valence-corrected chi connectivity index (χ1v) is 5.82. The predicted molar refractivity (Wildman–Crippen MR) is 63.4 cm³/mol. The van der Waals surface area contributed by atoms with Gasteiger partial charge in [0.1, 0.15) is 0 Å². The average Bonchev–Trinajstić information content (AvgIpc) is 2.26. The van der Waals surface area contributed by atoms with Crippen LogP contribution in [-0.4, -0.2) is 13.6 Å². The molecule has 1 aromatic carbocycles. The van der Waals surface area contributed by atoms with Crippen LogP contribution in [0.5, 0.6) is 0 Å². The van der Waals surface area contributed by atoms with Crippen LogP contribution < -0.4 is 5.32 Å². The molecule has 1 N–H and O–H groups in total. The molecule has 0 aromatic heterocycles. The lowest BCUT2D eigenvalue weighted by Crippen LogP contribution is -2.31. The van der Waals surface area contributed by atoms with Crippen molar-refractivity contribution in [2.75, 3.05) is 13.6 Å². The highest BCUT2D eigenvalue weighted by molar-refractivity contribution is 5.37. The summed E-state index contributed by atoms with van der Waals surface area (Å²) in [7, 11) is 1.58. The van der Waals surface area contributed by atoms with E-state index in [-0.39, 0.29) is 18.2 Å². The molecule has 0 atom stereocenters. The number of alkyl halides is 6. The standard InChI is InChI=1S/C13H15F6N/c1-11(2,7-20-3)8-4-9(12(14,15)16)6-10(5-8)13(17,18)19/h4-6,20H,7H2,1-3H3. The van der Waals surface area contributed by atoms with E-state index in [2.05, 4.69) is 5.32 Å². The second-order valence-electron chi connectivity index (χ2n) is 5.21. The Morgan fingerprint density at radius 1 is 0.800 bits per heavy atom. The van der Waals surface area contributed by atoms with Crippen LogP contribution in [0.25, 0.3) is 0 Å². The van der Waals surface area contributed by atoms with Crippen molar-refractivity contribution in [1.29, 1.82) is 0 Å². The third-order valence-corrected chi connectivity index (χ3v) is 2.99. The van der Waals surface area contributed by atoms with E-state index in [4.69, 9.17) is 0 Å². The summed E-state index contributed by atoms with van der Waals surface area (Å²) in [5.74, 6) is 0. The third kappa shape index (κ3) is 3.88. The molecule has 20 heavy (non-hydrogen) atoms. The molecular formula is C13H15F6N. The Kier molecular flexibility index (Phi) is 4.43. The van der Waals surface area contributed by atoms with Crippen molar-refractivity contribution in [3.8, 4) is 0 Å². The van der Waals surface area contributed by atoms with Gasteiger partial charge in [-0.25, -0.2) is 0 Å². The Balaban J connectivity index is 3.46. The Hall–Kier alpha value is -1.24. The second-order valence-corrected chi connectivity index (χ2v) is 5.21. The molecule has 0 saturated heterocycles. The molecule has 0 saturated carbocycles. The van der Waals surface area contributed by atoms with Gasteiger partial charge in [0.25, 0.3) is 0 Å². The molecular weight excluding hydrogens is 284 g/mol. The Morgan fingerprint density at radius 3 is 1.45 bits per heavy atom. The van der Waals surface area contributed by atoms with Gasteiger partial charge >= 0.3 is 12.4 Å². The van der Waals surface area contributed by atoms with Crippen molar-refractivity contribution >= 4 is 0 Å². The number of hydrogen-bond acceptors (Lipinski definition) is 1. The van der Waals surface area contributed by atoms with Gasteiger partial charge in [-0.3, -0.25) is 0 Å². The first-order chi connectivity index (χ1) is 8.88. The summed E-state index contributed by atoms with van der Waals surface area (Å²) in [6, 6.07) is 1.68. The number of benzene rings is 1. The van der Waals surface area contributed by atoms with E-state index in [1.165, 1.54) is 0 Å². The van der Waals surface area contributed by atoms with Crippen LogP contribution in [0.4, 0.5) is 26.3 Å². The molecule has 114 valence electrons. The zero-order valence-corrected chi connectivity index (χ0v) is 11.2. The zero-order chi connectivity index (χ0) is 15.8. The first kappa shape index (κ1) is 16.8. The number of rotatable bonds is 3. The molecule has 0 radical (unpaired) electrons. The van der Waals surface area contributed by atoms with E-state index in [1.54, 1.807) is 20.9 Å². The Bertz CT molecular complexity index is 440. The molecule has 0 fully saturated rings. The minimum absolute atomic E-state index is 0.00556. The van der Waals surface area contributed by atoms with Gasteiger partial charge in [-0.2, -0.15) is 26.3 Å². The number of hydrogen-bond donors (Lipinski definition) is 1. The highest BCUT2D eigenvalue weighted by atomic mass is 19.4. The van der Waals surface area contributed by atoms with Gasteiger partial charge in [0.15, 0.2) is 0 Å². The van der Waals surface area contributed by atoms with Crippen molar-refractivity contribution in [3.63, 3.8) is 0 Å². The average molecular weight is 299 g/mol. The fraction of sp³-hybridized carbons (Fsp3) is 0.538. The summed E-state index contributed by atoms with van der Waals surface area (Å²) < 4.78 is 76.4. The largest absolute Gasteiger partial charge is 0.416 e. The zero-order valence-electron chi connectivity index (χ0n) is 11.2. The van der Waals surface area contributed by atoms with Crippen molar-refractivity contribution in [2.45, 2.75) is 31.6 Å². The minimum atomic E-state index is -4.81. The summed E-state index contributed by atoms with van der Waals surface area (Å²) in [5, 5.41) is 2.76. The van der Waals surface area contributed by atoms with E-state index in [0.717, 1.165) is 12.1 Å². The normalized spacial score (nSPS) is 13.7. The maximum atomic E-state index is 12.7. The van der Waals surface area contributed by atoms with Crippen LogP contribution >= 0.6 is 0 Å². The predicted octanol–water partition coefficient (Wildman–Crippen LogP) is 4.22. The molecule has 0 aliphatic carbocycles. The minimum Gasteiger partial charge on any atom is -0.319 e. The van der Waals surface area contributed by atoms with Crippen molar-refractivity contribution in [3.05, 3.63) is 34.9 Å².